The number of amides is 1. The van der Waals surface area contributed by atoms with Crippen molar-refractivity contribution in [3.05, 3.63) is 29.5 Å². The highest BCUT2D eigenvalue weighted by atomic mass is 16.3. The molecule has 0 spiro atoms. The van der Waals surface area contributed by atoms with Gasteiger partial charge in [-0.1, -0.05) is 13.8 Å². The van der Waals surface area contributed by atoms with Gasteiger partial charge < -0.3 is 10.4 Å². The van der Waals surface area contributed by atoms with Gasteiger partial charge >= 0.3 is 0 Å². The average Bonchev–Trinajstić information content (AvgIpc) is 3.06. The van der Waals surface area contributed by atoms with Gasteiger partial charge in [0.05, 0.1) is 11.3 Å². The van der Waals surface area contributed by atoms with E-state index in [4.69, 9.17) is 0 Å². The zero-order valence-electron chi connectivity index (χ0n) is 14.4. The molecule has 0 atom stereocenters. The van der Waals surface area contributed by atoms with Crippen molar-refractivity contribution in [3.63, 3.8) is 0 Å². The molecule has 0 fully saturated rings. The van der Waals surface area contributed by atoms with E-state index in [-0.39, 0.29) is 12.5 Å². The first-order chi connectivity index (χ1) is 10.8. The average molecular weight is 319 g/mol. The number of hydrogen-bond acceptors (Lipinski definition) is 4. The minimum atomic E-state index is -0.878. The van der Waals surface area contributed by atoms with Crippen LogP contribution in [0, 0.1) is 13.8 Å². The zero-order valence-corrected chi connectivity index (χ0v) is 14.4. The van der Waals surface area contributed by atoms with Crippen LogP contribution in [0.15, 0.2) is 12.4 Å². The van der Waals surface area contributed by atoms with Gasteiger partial charge in [-0.3, -0.25) is 14.0 Å². The maximum Gasteiger partial charge on any atom is 0.257 e. The third kappa shape index (κ3) is 3.29. The van der Waals surface area contributed by atoms with Crippen LogP contribution in [0.5, 0.6) is 0 Å². The molecular formula is C16H25N5O2. The van der Waals surface area contributed by atoms with Crippen molar-refractivity contribution in [2.24, 2.45) is 7.05 Å². The Morgan fingerprint density at radius 2 is 2.00 bits per heavy atom. The molecule has 0 saturated heterocycles. The second-order valence-corrected chi connectivity index (χ2v) is 5.87. The van der Waals surface area contributed by atoms with Crippen molar-refractivity contribution in [3.8, 4) is 5.82 Å². The maximum atomic E-state index is 12.7. The molecule has 0 radical (unpaired) electrons. The van der Waals surface area contributed by atoms with E-state index in [0.717, 1.165) is 5.82 Å². The molecule has 7 nitrogen and oxygen atoms in total. The largest absolute Gasteiger partial charge is 0.388 e. The van der Waals surface area contributed by atoms with Crippen molar-refractivity contribution < 1.29 is 9.90 Å². The number of imidazole rings is 1. The standard InChI is InChI=1S/C16H25N5O2/c1-6-16(23,7-2)10-18-14(22)13-11(3)19-20(5)15(13)21-9-8-17-12(21)4/h8-9,23H,6-7,10H2,1-5H3,(H,18,22). The minimum absolute atomic E-state index is 0.218. The summed E-state index contributed by atoms with van der Waals surface area (Å²) >= 11 is 0. The molecule has 7 heteroatoms. The molecule has 0 saturated carbocycles. The van der Waals surface area contributed by atoms with Gasteiger partial charge in [0.2, 0.25) is 0 Å². The van der Waals surface area contributed by atoms with Crippen LogP contribution in [0.3, 0.4) is 0 Å². The van der Waals surface area contributed by atoms with Gasteiger partial charge in [-0.25, -0.2) is 4.98 Å². The molecule has 0 bridgehead atoms. The molecular weight excluding hydrogens is 294 g/mol. The third-order valence-electron chi connectivity index (χ3n) is 4.37. The molecule has 126 valence electrons. The van der Waals surface area contributed by atoms with Crippen molar-refractivity contribution in [2.75, 3.05) is 6.54 Å². The summed E-state index contributed by atoms with van der Waals surface area (Å²) in [4.78, 5) is 16.9. The molecule has 0 aliphatic carbocycles. The summed E-state index contributed by atoms with van der Waals surface area (Å²) < 4.78 is 3.51. The lowest BCUT2D eigenvalue weighted by molar-refractivity contribution is 0.0314. The lowest BCUT2D eigenvalue weighted by Gasteiger charge is -2.25. The van der Waals surface area contributed by atoms with Crippen molar-refractivity contribution in [1.29, 1.82) is 0 Å². The molecule has 23 heavy (non-hydrogen) atoms. The second-order valence-electron chi connectivity index (χ2n) is 5.87. The summed E-state index contributed by atoms with van der Waals surface area (Å²) in [7, 11) is 1.80. The molecule has 0 unspecified atom stereocenters. The van der Waals surface area contributed by atoms with E-state index in [1.807, 2.05) is 25.3 Å². The molecule has 0 aliphatic heterocycles. The molecule has 2 N–H and O–H groups in total. The van der Waals surface area contributed by atoms with Crippen molar-refractivity contribution >= 4 is 5.91 Å². The number of nitrogens with one attached hydrogen (secondary N) is 1. The van der Waals surface area contributed by atoms with Gasteiger partial charge in [-0.15, -0.1) is 0 Å². The highest BCUT2D eigenvalue weighted by Crippen LogP contribution is 2.20. The van der Waals surface area contributed by atoms with E-state index in [1.54, 1.807) is 31.0 Å². The molecule has 1 amide bonds. The predicted molar refractivity (Wildman–Crippen MR) is 87.7 cm³/mol. The van der Waals surface area contributed by atoms with Gasteiger partial charge in [0, 0.05) is 26.0 Å². The Kier molecular flexibility index (Phi) is 4.89. The lowest BCUT2D eigenvalue weighted by Crippen LogP contribution is -2.42. The summed E-state index contributed by atoms with van der Waals surface area (Å²) in [6.07, 6.45) is 4.66. The summed E-state index contributed by atoms with van der Waals surface area (Å²) in [5, 5.41) is 17.5. The number of nitrogens with zero attached hydrogens (tertiary/aromatic N) is 4. The third-order valence-corrected chi connectivity index (χ3v) is 4.37. The van der Waals surface area contributed by atoms with Crippen LogP contribution < -0.4 is 5.32 Å². The Hall–Kier alpha value is -2.15. The van der Waals surface area contributed by atoms with Crippen molar-refractivity contribution in [2.45, 2.75) is 46.1 Å². The number of carbonyl (C=O) groups excluding carboxylic acids is 1. The maximum absolute atomic E-state index is 12.7. The SMILES string of the molecule is CCC(O)(CC)CNC(=O)c1c(C)nn(C)c1-n1ccnc1C. The predicted octanol–water partition coefficient (Wildman–Crippen LogP) is 1.50. The van der Waals surface area contributed by atoms with Crippen LogP contribution in [-0.4, -0.2) is 42.5 Å². The quantitative estimate of drug-likeness (QED) is 0.845. The van der Waals surface area contributed by atoms with Crippen LogP contribution in [0.2, 0.25) is 0 Å². The van der Waals surface area contributed by atoms with E-state index in [1.165, 1.54) is 0 Å². The van der Waals surface area contributed by atoms with Gasteiger partial charge in [0.1, 0.15) is 17.2 Å². The van der Waals surface area contributed by atoms with Crippen LogP contribution in [0.1, 0.15) is 48.6 Å². The molecule has 2 aromatic heterocycles. The first-order valence-electron chi connectivity index (χ1n) is 7.87. The van der Waals surface area contributed by atoms with E-state index in [9.17, 15) is 9.90 Å². The first kappa shape index (κ1) is 17.2. The Bertz CT molecular complexity index is 697. The Labute approximate surface area is 136 Å². The topological polar surface area (TPSA) is 85.0 Å². The van der Waals surface area contributed by atoms with E-state index in [2.05, 4.69) is 15.4 Å². The summed E-state index contributed by atoms with van der Waals surface area (Å²) in [6, 6.07) is 0. The summed E-state index contributed by atoms with van der Waals surface area (Å²) in [5.41, 5.74) is 0.268. The second kappa shape index (κ2) is 6.54. The van der Waals surface area contributed by atoms with Gasteiger partial charge in [0.15, 0.2) is 0 Å². The molecule has 2 aromatic rings. The fraction of sp³-hybridized carbons (Fsp3) is 0.562. The monoisotopic (exact) mass is 319 g/mol. The van der Waals surface area contributed by atoms with Gasteiger partial charge in [-0.05, 0) is 26.7 Å². The van der Waals surface area contributed by atoms with E-state index in [0.29, 0.717) is 29.9 Å². The number of aryl methyl sites for hydroxylation is 3. The minimum Gasteiger partial charge on any atom is -0.388 e. The first-order valence-corrected chi connectivity index (χ1v) is 7.87. The number of carbonyl (C=O) groups is 1. The van der Waals surface area contributed by atoms with Crippen LogP contribution >= 0.6 is 0 Å². The molecule has 2 heterocycles. The number of hydrogen-bond donors (Lipinski definition) is 2. The van der Waals surface area contributed by atoms with E-state index >= 15 is 0 Å². The Morgan fingerprint density at radius 3 is 2.52 bits per heavy atom. The Balaban J connectivity index is 2.33. The molecule has 0 aliphatic rings. The van der Waals surface area contributed by atoms with Gasteiger partial charge in [0.25, 0.3) is 5.91 Å². The number of rotatable bonds is 6. The molecule has 2 rings (SSSR count). The molecule has 0 aromatic carbocycles. The highest BCUT2D eigenvalue weighted by Gasteiger charge is 2.26. The number of aliphatic hydroxyl groups is 1. The van der Waals surface area contributed by atoms with Crippen molar-refractivity contribution in [1.82, 2.24) is 24.6 Å². The van der Waals surface area contributed by atoms with E-state index < -0.39 is 5.60 Å². The zero-order chi connectivity index (χ0) is 17.2. The van der Waals surface area contributed by atoms with Gasteiger partial charge in [-0.2, -0.15) is 5.10 Å². The van der Waals surface area contributed by atoms with Crippen LogP contribution in [-0.2, 0) is 7.05 Å². The fourth-order valence-corrected chi connectivity index (χ4v) is 2.62. The van der Waals surface area contributed by atoms with Crippen LogP contribution in [0.4, 0.5) is 0 Å². The Morgan fingerprint density at radius 1 is 1.35 bits per heavy atom. The fourth-order valence-electron chi connectivity index (χ4n) is 2.62. The summed E-state index contributed by atoms with van der Waals surface area (Å²) in [5.74, 6) is 1.21. The highest BCUT2D eigenvalue weighted by molar-refractivity contribution is 5.98. The lowest BCUT2D eigenvalue weighted by atomic mass is 9.97. The number of aromatic nitrogens is 4. The van der Waals surface area contributed by atoms with Crippen LogP contribution in [0.25, 0.3) is 5.82 Å². The smallest absolute Gasteiger partial charge is 0.257 e. The summed E-state index contributed by atoms with van der Waals surface area (Å²) in [6.45, 7) is 7.71. The normalized spacial score (nSPS) is 11.7.